The first-order chi connectivity index (χ1) is 7.04. The number of carbonyl (C=O) groups is 2. The minimum absolute atomic E-state index is 0.0245. The van der Waals surface area contributed by atoms with Crippen LogP contribution in [0.5, 0.6) is 0 Å². The van der Waals surface area contributed by atoms with E-state index in [0.717, 1.165) is 6.42 Å². The summed E-state index contributed by atoms with van der Waals surface area (Å²) in [5.41, 5.74) is 0. The first-order valence-electron chi connectivity index (χ1n) is 5.30. The van der Waals surface area contributed by atoms with E-state index in [4.69, 9.17) is 0 Å². The number of hydrogen-bond donors (Lipinski definition) is 2. The van der Waals surface area contributed by atoms with Crippen molar-refractivity contribution >= 4 is 11.8 Å². The molecule has 0 saturated carbocycles. The molecule has 1 fully saturated rings. The van der Waals surface area contributed by atoms with Gasteiger partial charge < -0.3 is 15.5 Å². The molecule has 1 atom stereocenters. The highest BCUT2D eigenvalue weighted by molar-refractivity contribution is 5.89. The fraction of sp³-hybridized carbons (Fsp3) is 0.800. The van der Waals surface area contributed by atoms with Gasteiger partial charge in [0.15, 0.2) is 0 Å². The van der Waals surface area contributed by atoms with Crippen molar-refractivity contribution < 1.29 is 9.59 Å². The third kappa shape index (κ3) is 3.20. The van der Waals surface area contributed by atoms with Gasteiger partial charge in [-0.15, -0.1) is 0 Å². The van der Waals surface area contributed by atoms with Gasteiger partial charge in [-0.25, -0.2) is 0 Å². The molecule has 0 aromatic rings. The lowest BCUT2D eigenvalue weighted by Crippen LogP contribution is -2.43. The number of likely N-dealkylation sites (tertiary alicyclic amines) is 1. The van der Waals surface area contributed by atoms with Gasteiger partial charge in [0.25, 0.3) is 0 Å². The smallest absolute Gasteiger partial charge is 0.240 e. The molecule has 1 unspecified atom stereocenters. The quantitative estimate of drug-likeness (QED) is 0.651. The molecule has 0 aromatic heterocycles. The molecule has 2 amide bonds. The van der Waals surface area contributed by atoms with Gasteiger partial charge in [-0.2, -0.15) is 0 Å². The summed E-state index contributed by atoms with van der Waals surface area (Å²) in [6.07, 6.45) is 0.782. The third-order valence-corrected chi connectivity index (χ3v) is 2.43. The van der Waals surface area contributed by atoms with Crippen molar-refractivity contribution in [2.75, 3.05) is 20.1 Å². The van der Waals surface area contributed by atoms with E-state index < -0.39 is 0 Å². The third-order valence-electron chi connectivity index (χ3n) is 2.43. The number of rotatable bonds is 4. The lowest BCUT2D eigenvalue weighted by molar-refractivity contribution is -0.134. The second kappa shape index (κ2) is 5.11. The number of amides is 2. The Labute approximate surface area is 90.2 Å². The first kappa shape index (κ1) is 12.0. The number of hydrogen-bond acceptors (Lipinski definition) is 3. The maximum Gasteiger partial charge on any atom is 0.240 e. The van der Waals surface area contributed by atoms with Gasteiger partial charge in [-0.05, 0) is 27.3 Å². The summed E-state index contributed by atoms with van der Waals surface area (Å²) >= 11 is 0. The molecule has 0 aromatic carbocycles. The molecule has 1 heterocycles. The Kier molecular flexibility index (Phi) is 4.08. The zero-order chi connectivity index (χ0) is 11.4. The second-order valence-corrected chi connectivity index (χ2v) is 4.11. The van der Waals surface area contributed by atoms with Crippen LogP contribution in [0.2, 0.25) is 0 Å². The standard InChI is InChI=1S/C10H19N3O2/c1-7(2)12-9(14)6-13-5-4-8(11-3)10(13)15/h7-8,11H,4-6H2,1-3H3,(H,12,14). The molecule has 5 nitrogen and oxygen atoms in total. The van der Waals surface area contributed by atoms with Crippen LogP contribution in [-0.4, -0.2) is 48.9 Å². The van der Waals surface area contributed by atoms with Crippen LogP contribution in [0.25, 0.3) is 0 Å². The van der Waals surface area contributed by atoms with Crippen molar-refractivity contribution in [3.8, 4) is 0 Å². The first-order valence-corrected chi connectivity index (χ1v) is 5.30. The second-order valence-electron chi connectivity index (χ2n) is 4.11. The Morgan fingerprint density at radius 3 is 2.73 bits per heavy atom. The van der Waals surface area contributed by atoms with Crippen LogP contribution < -0.4 is 10.6 Å². The Bertz CT molecular complexity index is 253. The molecule has 0 aliphatic carbocycles. The molecular formula is C10H19N3O2. The van der Waals surface area contributed by atoms with Crippen molar-refractivity contribution in [2.24, 2.45) is 0 Å². The van der Waals surface area contributed by atoms with Gasteiger partial charge in [0.2, 0.25) is 11.8 Å². The number of likely N-dealkylation sites (N-methyl/N-ethyl adjacent to an activating group) is 1. The van der Waals surface area contributed by atoms with Gasteiger partial charge in [-0.1, -0.05) is 0 Å². The number of nitrogens with one attached hydrogen (secondary N) is 2. The molecule has 1 aliphatic rings. The predicted octanol–water partition coefficient (Wildman–Crippen LogP) is -0.669. The average Bonchev–Trinajstić information content (AvgIpc) is 2.46. The van der Waals surface area contributed by atoms with Crippen molar-refractivity contribution in [3.63, 3.8) is 0 Å². The fourth-order valence-electron chi connectivity index (χ4n) is 1.70. The van der Waals surface area contributed by atoms with E-state index in [-0.39, 0.29) is 30.4 Å². The molecule has 1 aliphatic heterocycles. The predicted molar refractivity (Wildman–Crippen MR) is 57.3 cm³/mol. The Hall–Kier alpha value is -1.10. The van der Waals surface area contributed by atoms with E-state index >= 15 is 0 Å². The summed E-state index contributed by atoms with van der Waals surface area (Å²) < 4.78 is 0. The molecule has 0 radical (unpaired) electrons. The van der Waals surface area contributed by atoms with Crippen molar-refractivity contribution in [1.82, 2.24) is 15.5 Å². The summed E-state index contributed by atoms with van der Waals surface area (Å²) in [4.78, 5) is 24.7. The normalized spacial score (nSPS) is 21.2. The topological polar surface area (TPSA) is 61.4 Å². The zero-order valence-corrected chi connectivity index (χ0v) is 9.54. The van der Waals surface area contributed by atoms with Gasteiger partial charge in [0.05, 0.1) is 12.6 Å². The Morgan fingerprint density at radius 1 is 1.60 bits per heavy atom. The molecule has 0 bridgehead atoms. The molecule has 0 spiro atoms. The summed E-state index contributed by atoms with van der Waals surface area (Å²) in [6, 6.07) is 0.00662. The molecule has 86 valence electrons. The highest BCUT2D eigenvalue weighted by Gasteiger charge is 2.31. The molecule has 1 saturated heterocycles. The van der Waals surface area contributed by atoms with Crippen LogP contribution in [0, 0.1) is 0 Å². The lowest BCUT2D eigenvalue weighted by atomic mass is 10.3. The van der Waals surface area contributed by atoms with Gasteiger partial charge in [-0.3, -0.25) is 9.59 Å². The van der Waals surface area contributed by atoms with E-state index in [9.17, 15) is 9.59 Å². The molecular weight excluding hydrogens is 194 g/mol. The minimum Gasteiger partial charge on any atom is -0.352 e. The summed E-state index contributed by atoms with van der Waals surface area (Å²) in [7, 11) is 1.76. The van der Waals surface area contributed by atoms with E-state index in [0.29, 0.717) is 6.54 Å². The number of nitrogens with zero attached hydrogens (tertiary/aromatic N) is 1. The minimum atomic E-state index is -0.114. The van der Waals surface area contributed by atoms with Crippen molar-refractivity contribution in [1.29, 1.82) is 0 Å². The van der Waals surface area contributed by atoms with E-state index in [2.05, 4.69) is 10.6 Å². The van der Waals surface area contributed by atoms with E-state index in [1.165, 1.54) is 0 Å². The summed E-state index contributed by atoms with van der Waals surface area (Å²) in [6.45, 7) is 4.64. The molecule has 5 heteroatoms. The van der Waals surface area contributed by atoms with E-state index in [1.807, 2.05) is 13.8 Å². The largest absolute Gasteiger partial charge is 0.352 e. The molecule has 15 heavy (non-hydrogen) atoms. The van der Waals surface area contributed by atoms with Gasteiger partial charge >= 0.3 is 0 Å². The zero-order valence-electron chi connectivity index (χ0n) is 9.54. The average molecular weight is 213 g/mol. The highest BCUT2D eigenvalue weighted by Crippen LogP contribution is 2.09. The summed E-state index contributed by atoms with van der Waals surface area (Å²) in [5, 5.41) is 5.70. The van der Waals surface area contributed by atoms with Crippen LogP contribution in [-0.2, 0) is 9.59 Å². The Balaban J connectivity index is 2.40. The van der Waals surface area contributed by atoms with E-state index in [1.54, 1.807) is 11.9 Å². The number of carbonyl (C=O) groups excluding carboxylic acids is 2. The van der Waals surface area contributed by atoms with Gasteiger partial charge in [0, 0.05) is 12.6 Å². The van der Waals surface area contributed by atoms with Gasteiger partial charge in [0.1, 0.15) is 0 Å². The van der Waals surface area contributed by atoms with Crippen molar-refractivity contribution in [2.45, 2.75) is 32.4 Å². The summed E-state index contributed by atoms with van der Waals surface area (Å²) in [5.74, 6) is -0.0634. The highest BCUT2D eigenvalue weighted by atomic mass is 16.2. The molecule has 1 rings (SSSR count). The van der Waals surface area contributed by atoms with Crippen LogP contribution in [0.1, 0.15) is 20.3 Å². The van der Waals surface area contributed by atoms with Crippen LogP contribution in [0.3, 0.4) is 0 Å². The lowest BCUT2D eigenvalue weighted by Gasteiger charge is -2.17. The molecule has 2 N–H and O–H groups in total. The SMILES string of the molecule is CNC1CCN(CC(=O)NC(C)C)C1=O. The monoisotopic (exact) mass is 213 g/mol. The fourth-order valence-corrected chi connectivity index (χ4v) is 1.70. The van der Waals surface area contributed by atoms with Crippen LogP contribution >= 0.6 is 0 Å². The van der Waals surface area contributed by atoms with Crippen LogP contribution in [0.15, 0.2) is 0 Å². The maximum atomic E-state index is 11.6. The van der Waals surface area contributed by atoms with Crippen LogP contribution in [0.4, 0.5) is 0 Å². The maximum absolute atomic E-state index is 11.6. The van der Waals surface area contributed by atoms with Crippen molar-refractivity contribution in [3.05, 3.63) is 0 Å². The Morgan fingerprint density at radius 2 is 2.27 bits per heavy atom.